The molecule has 1 aliphatic heterocycles. The molecule has 43 heavy (non-hydrogen) atoms. The fraction of sp³-hybridized carbons (Fsp3) is 0.357. The zero-order chi connectivity index (χ0) is 29.8. The van der Waals surface area contributed by atoms with Gasteiger partial charge in [-0.25, -0.2) is 38.5 Å². The highest BCUT2D eigenvalue weighted by Gasteiger charge is 2.46. The van der Waals surface area contributed by atoms with Crippen molar-refractivity contribution in [2.24, 2.45) is 5.92 Å². The molecule has 2 atom stereocenters. The number of rotatable bonds is 9. The second-order valence-electron chi connectivity index (χ2n) is 10.9. The van der Waals surface area contributed by atoms with Crippen LogP contribution in [-0.2, 0) is 16.1 Å². The first kappa shape index (κ1) is 26.8. The molecule has 0 radical (unpaired) electrons. The van der Waals surface area contributed by atoms with Gasteiger partial charge in [0.2, 0.25) is 11.8 Å². The van der Waals surface area contributed by atoms with E-state index >= 15 is 0 Å². The number of hydrogen-bond acceptors (Lipinski definition) is 9. The summed E-state index contributed by atoms with van der Waals surface area (Å²) in [5.74, 6) is 0.0426. The lowest BCUT2D eigenvalue weighted by molar-refractivity contribution is -0.124. The van der Waals surface area contributed by atoms with Crippen LogP contribution in [0, 0.1) is 5.92 Å². The summed E-state index contributed by atoms with van der Waals surface area (Å²) in [5.41, 5.74) is 2.57. The number of halogens is 2. The van der Waals surface area contributed by atoms with E-state index in [1.54, 1.807) is 6.07 Å². The summed E-state index contributed by atoms with van der Waals surface area (Å²) in [4.78, 5) is 61.4. The highest BCUT2D eigenvalue weighted by atomic mass is 19.3. The van der Waals surface area contributed by atoms with Crippen LogP contribution in [0.15, 0.2) is 43.1 Å². The number of carbonyl (C=O) groups excluding carboxylic acids is 3. The van der Waals surface area contributed by atoms with E-state index in [2.05, 4.69) is 30.6 Å². The van der Waals surface area contributed by atoms with Crippen molar-refractivity contribution in [3.63, 3.8) is 0 Å². The molecular weight excluding hydrogens is 562 g/mol. The largest absolute Gasteiger partial charge is 0.364 e. The van der Waals surface area contributed by atoms with Crippen molar-refractivity contribution < 1.29 is 23.2 Å². The van der Waals surface area contributed by atoms with Crippen LogP contribution < -0.4 is 15.5 Å². The smallest absolute Gasteiger partial charge is 0.331 e. The minimum absolute atomic E-state index is 0.0360. The molecule has 4 amide bonds. The van der Waals surface area contributed by atoms with Crippen LogP contribution in [0.2, 0.25) is 0 Å². The maximum Gasteiger partial charge on any atom is 0.331 e. The fourth-order valence-corrected chi connectivity index (χ4v) is 5.24. The Labute approximate surface area is 243 Å². The molecule has 1 saturated heterocycles. The van der Waals surface area contributed by atoms with E-state index in [9.17, 15) is 23.2 Å². The summed E-state index contributed by atoms with van der Waals surface area (Å²) in [6, 6.07) is 4.31. The highest BCUT2D eigenvalue weighted by Crippen LogP contribution is 2.47. The third kappa shape index (κ3) is 5.21. The van der Waals surface area contributed by atoms with Crippen molar-refractivity contribution in [3.8, 4) is 0 Å². The van der Waals surface area contributed by atoms with E-state index in [1.807, 2.05) is 22.9 Å². The molecule has 2 aliphatic carbocycles. The molecule has 220 valence electrons. The Morgan fingerprint density at radius 3 is 2.65 bits per heavy atom. The van der Waals surface area contributed by atoms with Gasteiger partial charge in [-0.2, -0.15) is 0 Å². The van der Waals surface area contributed by atoms with Gasteiger partial charge < -0.3 is 15.0 Å². The molecule has 4 aromatic heterocycles. The van der Waals surface area contributed by atoms with E-state index in [4.69, 9.17) is 4.98 Å². The number of anilines is 3. The van der Waals surface area contributed by atoms with E-state index in [0.717, 1.165) is 29.4 Å². The summed E-state index contributed by atoms with van der Waals surface area (Å²) >= 11 is 0. The topological polar surface area (TPSA) is 151 Å². The van der Waals surface area contributed by atoms with Crippen molar-refractivity contribution in [2.75, 3.05) is 29.1 Å². The maximum atomic E-state index is 13.0. The normalized spacial score (nSPS) is 19.9. The molecule has 5 heterocycles. The first-order valence-electron chi connectivity index (χ1n) is 13.8. The summed E-state index contributed by atoms with van der Waals surface area (Å²) < 4.78 is 27.9. The van der Waals surface area contributed by atoms with Crippen molar-refractivity contribution in [3.05, 3.63) is 65.9 Å². The van der Waals surface area contributed by atoms with Gasteiger partial charge in [-0.05, 0) is 42.9 Å². The van der Waals surface area contributed by atoms with Gasteiger partial charge in [0.05, 0.1) is 17.9 Å². The van der Waals surface area contributed by atoms with Gasteiger partial charge in [0.15, 0.2) is 5.65 Å². The Kier molecular flexibility index (Phi) is 6.43. The highest BCUT2D eigenvalue weighted by molar-refractivity contribution is 6.13. The average Bonchev–Trinajstić information content (AvgIpc) is 3.93. The number of amides is 4. The Balaban J connectivity index is 1.03. The van der Waals surface area contributed by atoms with E-state index < -0.39 is 12.3 Å². The number of imidazole rings is 1. The molecule has 0 spiro atoms. The second kappa shape index (κ2) is 10.3. The lowest BCUT2D eigenvalue weighted by atomic mass is 10.1. The van der Waals surface area contributed by atoms with Crippen molar-refractivity contribution in [2.45, 2.75) is 44.1 Å². The van der Waals surface area contributed by atoms with Gasteiger partial charge in [0.1, 0.15) is 36.0 Å². The number of nitrogens with zero attached hydrogens (tertiary/aromatic N) is 8. The summed E-state index contributed by atoms with van der Waals surface area (Å²) in [7, 11) is 1.47. The molecule has 3 fully saturated rings. The SMILES string of the molecule is CN1C(=O)CN(c2cc(C3CC3)cn3cc(CNc4cc(NC(=O)[C@H]5C[C@@H]5c5nccc(C(F)F)n5)ncn4)nc23)C1=O. The molecule has 13 nitrogen and oxygen atoms in total. The zero-order valence-electron chi connectivity index (χ0n) is 22.9. The van der Waals surface area contributed by atoms with Crippen molar-refractivity contribution in [1.29, 1.82) is 0 Å². The molecule has 2 saturated carbocycles. The number of carbonyl (C=O) groups is 3. The standard InChI is InChI=1S/C28H26F2N10O3/c1-38-23(41)12-40(28(38)43)20-6-15(14-2-3-14)10-39-11-16(35-26(20)39)9-32-21-8-22(34-13-33-21)37-27(42)18-7-17(18)25-31-5-4-19(36-25)24(29)30/h4-6,8,10-11,13-14,17-18,24H,2-3,7,9,12H2,1H3,(H2,32,33,34,37,42)/t17-,18-/m0/s1. The fourth-order valence-electron chi connectivity index (χ4n) is 5.24. The summed E-state index contributed by atoms with van der Waals surface area (Å²) in [6.45, 7) is 0.255. The number of pyridine rings is 1. The van der Waals surface area contributed by atoms with Crippen molar-refractivity contribution >= 4 is 40.8 Å². The Morgan fingerprint density at radius 2 is 1.91 bits per heavy atom. The molecular formula is C28H26F2N10O3. The van der Waals surface area contributed by atoms with Crippen molar-refractivity contribution in [1.82, 2.24) is 34.2 Å². The molecule has 4 aromatic rings. The zero-order valence-corrected chi connectivity index (χ0v) is 22.9. The number of nitrogens with one attached hydrogen (secondary N) is 2. The van der Waals surface area contributed by atoms with Crippen LogP contribution in [0.3, 0.4) is 0 Å². The van der Waals surface area contributed by atoms with Gasteiger partial charge in [-0.3, -0.25) is 19.4 Å². The minimum atomic E-state index is -2.70. The van der Waals surface area contributed by atoms with Gasteiger partial charge in [0, 0.05) is 43.5 Å². The third-order valence-electron chi connectivity index (χ3n) is 7.87. The van der Waals surface area contributed by atoms with Gasteiger partial charge in [0.25, 0.3) is 6.43 Å². The number of hydrogen-bond donors (Lipinski definition) is 2. The second-order valence-corrected chi connectivity index (χ2v) is 10.9. The van der Waals surface area contributed by atoms with Crippen LogP contribution in [0.1, 0.15) is 60.3 Å². The number of alkyl halides is 2. The Morgan fingerprint density at radius 1 is 1.09 bits per heavy atom. The Hall–Kier alpha value is -5.08. The van der Waals surface area contributed by atoms with Gasteiger partial charge >= 0.3 is 6.03 Å². The summed E-state index contributed by atoms with van der Waals surface area (Å²) in [5, 5.41) is 5.93. The van der Waals surface area contributed by atoms with Gasteiger partial charge in [-0.15, -0.1) is 0 Å². The number of likely N-dealkylation sites (N-methyl/N-ethyl adjacent to an activating group) is 1. The first-order valence-corrected chi connectivity index (χ1v) is 13.8. The van der Waals surface area contributed by atoms with Crippen LogP contribution in [-0.4, -0.2) is 65.7 Å². The van der Waals surface area contributed by atoms with E-state index in [0.29, 0.717) is 41.7 Å². The quantitative estimate of drug-likeness (QED) is 0.280. The molecule has 0 bridgehead atoms. The molecule has 2 N–H and O–H groups in total. The predicted molar refractivity (Wildman–Crippen MR) is 149 cm³/mol. The van der Waals surface area contributed by atoms with E-state index in [-0.39, 0.29) is 47.6 Å². The number of urea groups is 1. The lowest BCUT2D eigenvalue weighted by Crippen LogP contribution is -2.30. The molecule has 15 heteroatoms. The summed E-state index contributed by atoms with van der Waals surface area (Å²) in [6.07, 6.45) is 6.38. The monoisotopic (exact) mass is 588 g/mol. The van der Waals surface area contributed by atoms with Gasteiger partial charge in [-0.1, -0.05) is 0 Å². The number of imide groups is 1. The predicted octanol–water partition coefficient (Wildman–Crippen LogP) is 3.48. The van der Waals surface area contributed by atoms with Crippen LogP contribution in [0.5, 0.6) is 0 Å². The lowest BCUT2D eigenvalue weighted by Gasteiger charge is -2.17. The number of aromatic nitrogens is 6. The average molecular weight is 589 g/mol. The number of fused-ring (bicyclic) bond motifs is 1. The first-order chi connectivity index (χ1) is 20.7. The molecule has 0 aromatic carbocycles. The Bertz CT molecular complexity index is 1770. The molecule has 7 rings (SSSR count). The molecule has 0 unspecified atom stereocenters. The van der Waals surface area contributed by atoms with Crippen LogP contribution >= 0.6 is 0 Å². The van der Waals surface area contributed by atoms with Crippen LogP contribution in [0.4, 0.5) is 30.9 Å². The molecule has 3 aliphatic rings. The minimum Gasteiger partial charge on any atom is -0.364 e. The van der Waals surface area contributed by atoms with E-state index in [1.165, 1.54) is 24.5 Å². The third-order valence-corrected chi connectivity index (χ3v) is 7.87. The van der Waals surface area contributed by atoms with Crippen LogP contribution in [0.25, 0.3) is 5.65 Å². The maximum absolute atomic E-state index is 13.0.